The highest BCUT2D eigenvalue weighted by molar-refractivity contribution is 9.10. The van der Waals surface area contributed by atoms with Gasteiger partial charge in [-0.2, -0.15) is 0 Å². The molecule has 19 heavy (non-hydrogen) atoms. The van der Waals surface area contributed by atoms with Gasteiger partial charge in [-0.1, -0.05) is 28.1 Å². The van der Waals surface area contributed by atoms with E-state index < -0.39 is 5.97 Å². The number of carbonyl (C=O) groups is 2. The molecule has 0 radical (unpaired) electrons. The summed E-state index contributed by atoms with van der Waals surface area (Å²) in [5.41, 5.74) is 0.995. The van der Waals surface area contributed by atoms with Crippen molar-refractivity contribution in [1.29, 1.82) is 0 Å². The van der Waals surface area contributed by atoms with Gasteiger partial charge in [0.2, 0.25) is 0 Å². The number of carbonyl (C=O) groups excluding carboxylic acids is 1. The molecule has 104 valence electrons. The first kappa shape index (κ1) is 15.5. The van der Waals surface area contributed by atoms with Crippen molar-refractivity contribution in [3.63, 3.8) is 0 Å². The second kappa shape index (κ2) is 7.78. The predicted octanol–water partition coefficient (Wildman–Crippen LogP) is 2.67. The highest BCUT2D eigenvalue weighted by Gasteiger charge is 2.09. The van der Waals surface area contributed by atoms with Crippen LogP contribution in [0.4, 0.5) is 4.79 Å². The van der Waals surface area contributed by atoms with Gasteiger partial charge in [-0.25, -0.2) is 4.79 Å². The molecule has 0 saturated carbocycles. The van der Waals surface area contributed by atoms with Crippen molar-refractivity contribution in [2.45, 2.75) is 25.8 Å². The molecule has 0 aliphatic heterocycles. The summed E-state index contributed by atoms with van der Waals surface area (Å²) in [4.78, 5) is 21.9. The summed E-state index contributed by atoms with van der Waals surface area (Å²) in [6, 6.07) is 7.29. The van der Waals surface area contributed by atoms with E-state index >= 15 is 0 Å². The lowest BCUT2D eigenvalue weighted by Gasteiger charge is -2.15. The van der Waals surface area contributed by atoms with Crippen molar-refractivity contribution >= 4 is 27.9 Å². The van der Waals surface area contributed by atoms with Crippen LogP contribution in [0.3, 0.4) is 0 Å². The summed E-state index contributed by atoms with van der Waals surface area (Å²) in [6.07, 6.45) is 0.482. The van der Waals surface area contributed by atoms with Crippen LogP contribution in [0.5, 0.6) is 0 Å². The van der Waals surface area contributed by atoms with E-state index in [0.717, 1.165) is 10.0 Å². The van der Waals surface area contributed by atoms with Crippen molar-refractivity contribution in [3.8, 4) is 0 Å². The number of rotatable bonds is 6. The van der Waals surface area contributed by atoms with Gasteiger partial charge in [-0.05, 0) is 31.0 Å². The molecule has 0 aliphatic rings. The SMILES string of the molecule is CC(NC(=O)NCCCC(=O)O)c1cccc(Br)c1. The fraction of sp³-hybridized carbons (Fsp3) is 0.385. The van der Waals surface area contributed by atoms with Gasteiger partial charge in [-0.15, -0.1) is 0 Å². The topological polar surface area (TPSA) is 78.4 Å². The van der Waals surface area contributed by atoms with E-state index in [9.17, 15) is 9.59 Å². The van der Waals surface area contributed by atoms with E-state index in [2.05, 4.69) is 26.6 Å². The summed E-state index contributed by atoms with van der Waals surface area (Å²) in [5.74, 6) is -0.857. The predicted molar refractivity (Wildman–Crippen MR) is 76.0 cm³/mol. The van der Waals surface area contributed by atoms with Gasteiger partial charge in [0.05, 0.1) is 6.04 Å². The molecular formula is C13H17BrN2O3. The summed E-state index contributed by atoms with van der Waals surface area (Å²) >= 11 is 3.38. The Hall–Kier alpha value is -1.56. The molecule has 0 bridgehead atoms. The molecule has 1 atom stereocenters. The maximum atomic E-state index is 11.6. The van der Waals surface area contributed by atoms with Crippen LogP contribution in [-0.4, -0.2) is 23.7 Å². The zero-order chi connectivity index (χ0) is 14.3. The average Bonchev–Trinajstić information content (AvgIpc) is 2.34. The maximum Gasteiger partial charge on any atom is 0.315 e. The van der Waals surface area contributed by atoms with Crippen LogP contribution in [0.15, 0.2) is 28.7 Å². The first-order chi connectivity index (χ1) is 8.99. The van der Waals surface area contributed by atoms with E-state index in [4.69, 9.17) is 5.11 Å². The van der Waals surface area contributed by atoms with Gasteiger partial charge >= 0.3 is 12.0 Å². The Balaban J connectivity index is 2.34. The largest absolute Gasteiger partial charge is 0.481 e. The molecule has 3 N–H and O–H groups in total. The highest BCUT2D eigenvalue weighted by Crippen LogP contribution is 2.17. The van der Waals surface area contributed by atoms with Crippen molar-refractivity contribution < 1.29 is 14.7 Å². The third kappa shape index (κ3) is 6.24. The van der Waals surface area contributed by atoms with E-state index in [1.54, 1.807) is 0 Å². The molecule has 6 heteroatoms. The fourth-order valence-electron chi connectivity index (χ4n) is 1.55. The lowest BCUT2D eigenvalue weighted by atomic mass is 10.1. The number of aliphatic carboxylic acids is 1. The molecule has 0 aromatic heterocycles. The molecule has 5 nitrogen and oxygen atoms in total. The van der Waals surface area contributed by atoms with E-state index in [-0.39, 0.29) is 18.5 Å². The van der Waals surface area contributed by atoms with Gasteiger partial charge < -0.3 is 15.7 Å². The lowest BCUT2D eigenvalue weighted by Crippen LogP contribution is -2.37. The first-order valence-corrected chi connectivity index (χ1v) is 6.80. The van der Waals surface area contributed by atoms with Crippen molar-refractivity contribution in [3.05, 3.63) is 34.3 Å². The number of carboxylic acid groups (broad SMARTS) is 1. The van der Waals surface area contributed by atoms with Gasteiger partial charge in [0.25, 0.3) is 0 Å². The monoisotopic (exact) mass is 328 g/mol. The second-order valence-electron chi connectivity index (χ2n) is 4.17. The zero-order valence-electron chi connectivity index (χ0n) is 10.6. The molecule has 0 saturated heterocycles. The molecule has 1 unspecified atom stereocenters. The van der Waals surface area contributed by atoms with Gasteiger partial charge in [-0.3, -0.25) is 4.79 Å². The van der Waals surface area contributed by atoms with Crippen LogP contribution in [0, 0.1) is 0 Å². The van der Waals surface area contributed by atoms with Crippen molar-refractivity contribution in [2.75, 3.05) is 6.54 Å². The minimum Gasteiger partial charge on any atom is -0.481 e. The van der Waals surface area contributed by atoms with Gasteiger partial charge in [0.15, 0.2) is 0 Å². The van der Waals surface area contributed by atoms with Crippen LogP contribution in [-0.2, 0) is 4.79 Å². The van der Waals surface area contributed by atoms with E-state index in [1.165, 1.54) is 0 Å². The highest BCUT2D eigenvalue weighted by atomic mass is 79.9. The standard InChI is InChI=1S/C13H17BrN2O3/c1-9(10-4-2-5-11(14)8-10)16-13(19)15-7-3-6-12(17)18/h2,4-5,8-9H,3,6-7H2,1H3,(H,17,18)(H2,15,16,19). The number of hydrogen-bond donors (Lipinski definition) is 3. The minimum atomic E-state index is -0.857. The second-order valence-corrected chi connectivity index (χ2v) is 5.09. The Labute approximate surface area is 120 Å². The van der Waals surface area contributed by atoms with E-state index in [1.807, 2.05) is 31.2 Å². The third-order valence-electron chi connectivity index (χ3n) is 2.55. The Morgan fingerprint density at radius 3 is 2.79 bits per heavy atom. The third-order valence-corrected chi connectivity index (χ3v) is 3.04. The quantitative estimate of drug-likeness (QED) is 0.702. The zero-order valence-corrected chi connectivity index (χ0v) is 12.2. The van der Waals surface area contributed by atoms with Crippen LogP contribution >= 0.6 is 15.9 Å². The van der Waals surface area contributed by atoms with Crippen LogP contribution in [0.25, 0.3) is 0 Å². The molecule has 1 rings (SSSR count). The number of nitrogens with one attached hydrogen (secondary N) is 2. The number of hydrogen-bond acceptors (Lipinski definition) is 2. The van der Waals surface area contributed by atoms with Crippen LogP contribution in [0.2, 0.25) is 0 Å². The van der Waals surface area contributed by atoms with Gasteiger partial charge in [0.1, 0.15) is 0 Å². The van der Waals surface area contributed by atoms with Crippen molar-refractivity contribution in [1.82, 2.24) is 10.6 Å². The molecule has 0 aliphatic carbocycles. The minimum absolute atomic E-state index is 0.0570. The number of amides is 2. The molecule has 0 heterocycles. The van der Waals surface area contributed by atoms with Gasteiger partial charge in [0, 0.05) is 17.4 Å². The molecule has 0 fully saturated rings. The van der Waals surface area contributed by atoms with Crippen molar-refractivity contribution in [2.24, 2.45) is 0 Å². The number of urea groups is 1. The normalized spacial score (nSPS) is 11.7. The van der Waals surface area contributed by atoms with Crippen LogP contribution in [0.1, 0.15) is 31.4 Å². The smallest absolute Gasteiger partial charge is 0.315 e. The fourth-order valence-corrected chi connectivity index (χ4v) is 1.97. The van der Waals surface area contributed by atoms with E-state index in [0.29, 0.717) is 13.0 Å². The first-order valence-electron chi connectivity index (χ1n) is 6.00. The Kier molecular flexibility index (Phi) is 6.35. The molecule has 1 aromatic rings. The number of halogens is 1. The Morgan fingerprint density at radius 2 is 2.16 bits per heavy atom. The summed E-state index contributed by atoms with van der Waals surface area (Å²) in [5, 5.41) is 13.9. The molecule has 2 amide bonds. The van der Waals surface area contributed by atoms with Crippen LogP contribution < -0.4 is 10.6 Å². The lowest BCUT2D eigenvalue weighted by molar-refractivity contribution is -0.137. The average molecular weight is 329 g/mol. The Bertz CT molecular complexity index is 451. The Morgan fingerprint density at radius 1 is 1.42 bits per heavy atom. The maximum absolute atomic E-state index is 11.6. The molecular weight excluding hydrogens is 312 g/mol. The number of benzene rings is 1. The molecule has 0 spiro atoms. The summed E-state index contributed by atoms with van der Waals surface area (Å²) in [6.45, 7) is 2.24. The number of carboxylic acids is 1. The summed E-state index contributed by atoms with van der Waals surface area (Å²) < 4.78 is 0.959. The summed E-state index contributed by atoms with van der Waals surface area (Å²) in [7, 11) is 0. The molecule has 1 aromatic carbocycles.